The fourth-order valence-corrected chi connectivity index (χ4v) is 4.54. The first-order chi connectivity index (χ1) is 14.7. The number of ether oxygens (including phenoxy) is 1. The molecule has 0 saturated carbocycles. The molecule has 30 heavy (non-hydrogen) atoms. The highest BCUT2D eigenvalue weighted by atomic mass is 32.1. The van der Waals surface area contributed by atoms with Gasteiger partial charge in [-0.25, -0.2) is 0 Å². The largest absolute Gasteiger partial charge is 0.378 e. The molecule has 1 aliphatic heterocycles. The summed E-state index contributed by atoms with van der Waals surface area (Å²) in [6.45, 7) is 5.29. The summed E-state index contributed by atoms with van der Waals surface area (Å²) in [5.74, 6) is 0.00612. The van der Waals surface area contributed by atoms with Crippen molar-refractivity contribution in [3.63, 3.8) is 0 Å². The molecule has 3 N–H and O–H groups in total. The minimum Gasteiger partial charge on any atom is -0.378 e. The van der Waals surface area contributed by atoms with Crippen LogP contribution in [0.4, 0.5) is 11.4 Å². The van der Waals surface area contributed by atoms with Gasteiger partial charge in [0, 0.05) is 30.0 Å². The molecule has 2 atom stereocenters. The highest BCUT2D eigenvalue weighted by molar-refractivity contribution is 7.10. The average molecular weight is 423 g/mol. The van der Waals surface area contributed by atoms with Gasteiger partial charge in [-0.15, -0.1) is 11.3 Å². The first-order valence-corrected chi connectivity index (χ1v) is 11.3. The Kier molecular flexibility index (Phi) is 6.79. The molecule has 156 valence electrons. The van der Waals surface area contributed by atoms with Gasteiger partial charge >= 0.3 is 0 Å². The predicted octanol–water partition coefficient (Wildman–Crippen LogP) is 3.26. The zero-order valence-corrected chi connectivity index (χ0v) is 18.0. The van der Waals surface area contributed by atoms with Crippen LogP contribution in [-0.4, -0.2) is 38.3 Å². The molecule has 1 aromatic heterocycles. The average Bonchev–Trinajstić information content (AvgIpc) is 3.33. The van der Waals surface area contributed by atoms with Crippen molar-refractivity contribution in [2.24, 2.45) is 0 Å². The van der Waals surface area contributed by atoms with E-state index in [0.29, 0.717) is 0 Å². The van der Waals surface area contributed by atoms with Crippen molar-refractivity contribution in [3.8, 4) is 0 Å². The number of carbonyl (C=O) groups excluding carboxylic acids is 1. The molecular formula is C24H28N3O2S+. The number of rotatable bonds is 7. The zero-order valence-electron chi connectivity index (χ0n) is 17.2. The highest BCUT2D eigenvalue weighted by Gasteiger charge is 2.25. The Labute approximate surface area is 181 Å². The number of carbonyl (C=O) groups is 1. The first-order valence-electron chi connectivity index (χ1n) is 10.4. The minimum absolute atomic E-state index is 0.00612. The summed E-state index contributed by atoms with van der Waals surface area (Å²) in [6, 6.07) is 22.5. The third-order valence-corrected chi connectivity index (χ3v) is 6.37. The molecular weight excluding hydrogens is 394 g/mol. The van der Waals surface area contributed by atoms with E-state index in [4.69, 9.17) is 4.74 Å². The number of morpholine rings is 1. The molecule has 1 aliphatic rings. The molecule has 0 bridgehead atoms. The SMILES string of the molecule is C[C@@H]([NH2+][C@@H](c1ccccc1)c1cccs1)C(=O)Nc1ccc(N2CCOCC2)cc1. The van der Waals surface area contributed by atoms with Crippen LogP contribution in [0.15, 0.2) is 72.1 Å². The number of quaternary nitrogens is 1. The number of amides is 1. The minimum atomic E-state index is -0.226. The quantitative estimate of drug-likeness (QED) is 0.614. The van der Waals surface area contributed by atoms with Crippen LogP contribution in [0.1, 0.15) is 23.4 Å². The second-order valence-corrected chi connectivity index (χ2v) is 8.50. The lowest BCUT2D eigenvalue weighted by atomic mass is 10.0. The van der Waals surface area contributed by atoms with Crippen LogP contribution >= 0.6 is 11.3 Å². The molecule has 0 unspecified atom stereocenters. The third-order valence-electron chi connectivity index (χ3n) is 5.41. The van der Waals surface area contributed by atoms with Crippen LogP contribution in [0.5, 0.6) is 0 Å². The molecule has 2 heterocycles. The van der Waals surface area contributed by atoms with Crippen molar-refractivity contribution in [3.05, 3.63) is 82.6 Å². The van der Waals surface area contributed by atoms with E-state index in [-0.39, 0.29) is 18.0 Å². The van der Waals surface area contributed by atoms with Crippen LogP contribution in [0.2, 0.25) is 0 Å². The second kappa shape index (κ2) is 9.89. The molecule has 2 aromatic carbocycles. The Hall–Kier alpha value is -2.67. The molecule has 4 rings (SSSR count). The monoisotopic (exact) mass is 422 g/mol. The summed E-state index contributed by atoms with van der Waals surface area (Å²) in [5.41, 5.74) is 3.19. The second-order valence-electron chi connectivity index (χ2n) is 7.52. The molecule has 0 aliphatic carbocycles. The Bertz CT molecular complexity index is 923. The molecule has 0 spiro atoms. The number of hydrogen-bond donors (Lipinski definition) is 2. The number of hydrogen-bond acceptors (Lipinski definition) is 4. The fourth-order valence-electron chi connectivity index (χ4n) is 3.71. The number of anilines is 2. The van der Waals surface area contributed by atoms with Gasteiger partial charge in [0.05, 0.1) is 18.1 Å². The lowest BCUT2D eigenvalue weighted by Crippen LogP contribution is -2.92. The van der Waals surface area contributed by atoms with Gasteiger partial charge in [-0.1, -0.05) is 36.4 Å². The van der Waals surface area contributed by atoms with Crippen molar-refractivity contribution >= 4 is 28.6 Å². The van der Waals surface area contributed by atoms with Crippen LogP contribution < -0.4 is 15.5 Å². The van der Waals surface area contributed by atoms with Gasteiger partial charge in [-0.2, -0.15) is 0 Å². The topological polar surface area (TPSA) is 58.2 Å². The number of nitrogens with two attached hydrogens (primary N) is 1. The van der Waals surface area contributed by atoms with E-state index in [0.717, 1.165) is 37.7 Å². The Morgan fingerprint density at radius 2 is 1.77 bits per heavy atom. The van der Waals surface area contributed by atoms with Gasteiger partial charge in [0.1, 0.15) is 6.04 Å². The summed E-state index contributed by atoms with van der Waals surface area (Å²) >= 11 is 1.72. The van der Waals surface area contributed by atoms with E-state index in [1.807, 2.05) is 37.3 Å². The van der Waals surface area contributed by atoms with Gasteiger partial charge in [-0.05, 0) is 42.6 Å². The van der Waals surface area contributed by atoms with Gasteiger partial charge in [-0.3, -0.25) is 4.79 Å². The van der Waals surface area contributed by atoms with E-state index in [9.17, 15) is 4.79 Å². The van der Waals surface area contributed by atoms with E-state index in [1.54, 1.807) is 11.3 Å². The summed E-state index contributed by atoms with van der Waals surface area (Å²) in [5, 5.41) is 7.28. The maximum atomic E-state index is 12.9. The van der Waals surface area contributed by atoms with Gasteiger partial charge in [0.15, 0.2) is 6.04 Å². The standard InChI is InChI=1S/C24H27N3O2S/c1-18(25-23(22-8-5-17-30-22)19-6-3-2-4-7-19)24(28)26-20-9-11-21(12-10-20)27-13-15-29-16-14-27/h2-12,17-18,23,25H,13-16H2,1H3,(H,26,28)/p+1/t18-,23+/m1/s1. The summed E-state index contributed by atoms with van der Waals surface area (Å²) in [7, 11) is 0. The Morgan fingerprint density at radius 1 is 1.03 bits per heavy atom. The number of nitrogens with zero attached hydrogens (tertiary/aromatic N) is 1. The fraction of sp³-hybridized carbons (Fsp3) is 0.292. The molecule has 6 heteroatoms. The molecule has 5 nitrogen and oxygen atoms in total. The first kappa shape index (κ1) is 20.6. The number of benzene rings is 2. The maximum absolute atomic E-state index is 12.9. The molecule has 1 saturated heterocycles. The summed E-state index contributed by atoms with van der Waals surface area (Å²) in [6.07, 6.45) is 0. The smallest absolute Gasteiger partial charge is 0.282 e. The van der Waals surface area contributed by atoms with E-state index >= 15 is 0 Å². The third kappa shape index (κ3) is 5.08. The van der Waals surface area contributed by atoms with Crippen molar-refractivity contribution in [2.75, 3.05) is 36.5 Å². The Morgan fingerprint density at radius 3 is 2.43 bits per heavy atom. The Balaban J connectivity index is 1.40. The lowest BCUT2D eigenvalue weighted by molar-refractivity contribution is -0.703. The van der Waals surface area contributed by atoms with Crippen LogP contribution in [-0.2, 0) is 9.53 Å². The molecule has 1 fully saturated rings. The molecule has 1 amide bonds. The van der Waals surface area contributed by atoms with Gasteiger partial charge in [0.2, 0.25) is 0 Å². The van der Waals surface area contributed by atoms with Crippen molar-refractivity contribution in [1.82, 2.24) is 0 Å². The van der Waals surface area contributed by atoms with Crippen molar-refractivity contribution in [2.45, 2.75) is 19.0 Å². The summed E-state index contributed by atoms with van der Waals surface area (Å²) in [4.78, 5) is 16.4. The molecule has 0 radical (unpaired) electrons. The van der Waals surface area contributed by atoms with Crippen molar-refractivity contribution < 1.29 is 14.8 Å². The van der Waals surface area contributed by atoms with E-state index in [1.165, 1.54) is 10.4 Å². The van der Waals surface area contributed by atoms with Crippen LogP contribution in [0, 0.1) is 0 Å². The number of nitrogens with one attached hydrogen (secondary N) is 1. The van der Waals surface area contributed by atoms with Crippen LogP contribution in [0.25, 0.3) is 0 Å². The van der Waals surface area contributed by atoms with Gasteiger partial charge < -0.3 is 20.3 Å². The summed E-state index contributed by atoms with van der Waals surface area (Å²) < 4.78 is 5.41. The van der Waals surface area contributed by atoms with E-state index < -0.39 is 0 Å². The highest BCUT2D eigenvalue weighted by Crippen LogP contribution is 2.23. The van der Waals surface area contributed by atoms with Crippen molar-refractivity contribution in [1.29, 1.82) is 0 Å². The predicted molar refractivity (Wildman–Crippen MR) is 122 cm³/mol. The normalized spacial score (nSPS) is 16.1. The zero-order chi connectivity index (χ0) is 20.8. The lowest BCUT2D eigenvalue weighted by Gasteiger charge is -2.29. The molecule has 3 aromatic rings. The van der Waals surface area contributed by atoms with E-state index in [2.05, 4.69) is 57.3 Å². The van der Waals surface area contributed by atoms with Gasteiger partial charge in [0.25, 0.3) is 5.91 Å². The van der Waals surface area contributed by atoms with Crippen LogP contribution in [0.3, 0.4) is 0 Å². The number of thiophene rings is 1. The maximum Gasteiger partial charge on any atom is 0.282 e.